The number of aliphatic hydroxyl groups excluding tert-OH is 1. The van der Waals surface area contributed by atoms with E-state index in [1.54, 1.807) is 6.20 Å². The van der Waals surface area contributed by atoms with Crippen molar-refractivity contribution < 1.29 is 5.11 Å². The zero-order valence-electron chi connectivity index (χ0n) is 10.5. The molecule has 1 unspecified atom stereocenters. The average molecular weight is 322 g/mol. The molecular weight excluding hydrogens is 306 g/mol. The van der Waals surface area contributed by atoms with Crippen LogP contribution in [0.1, 0.15) is 6.42 Å². The molecule has 2 aromatic rings. The van der Waals surface area contributed by atoms with Crippen molar-refractivity contribution in [3.63, 3.8) is 0 Å². The quantitative estimate of drug-likeness (QED) is 0.834. The third kappa shape index (κ3) is 2.28. The van der Waals surface area contributed by atoms with Gasteiger partial charge in [0, 0.05) is 47.4 Å². The molecule has 1 fully saturated rings. The van der Waals surface area contributed by atoms with Gasteiger partial charge in [-0.2, -0.15) is 0 Å². The van der Waals surface area contributed by atoms with Gasteiger partial charge in [-0.15, -0.1) is 0 Å². The van der Waals surface area contributed by atoms with E-state index in [4.69, 9.17) is 5.73 Å². The molecule has 1 aromatic heterocycles. The Hall–Kier alpha value is -1.33. The van der Waals surface area contributed by atoms with Crippen molar-refractivity contribution in [1.82, 2.24) is 4.98 Å². The minimum Gasteiger partial charge on any atom is -0.398 e. The molecule has 2 heterocycles. The number of halogens is 1. The molecule has 19 heavy (non-hydrogen) atoms. The number of nitrogen functional groups attached to an aromatic ring is 1. The lowest BCUT2D eigenvalue weighted by Gasteiger charge is -2.20. The Morgan fingerprint density at radius 3 is 3.05 bits per heavy atom. The Morgan fingerprint density at radius 1 is 1.47 bits per heavy atom. The summed E-state index contributed by atoms with van der Waals surface area (Å²) in [6.45, 7) is 2.09. The van der Waals surface area contributed by atoms with E-state index in [2.05, 4.69) is 25.8 Å². The predicted molar refractivity (Wildman–Crippen MR) is 81.3 cm³/mol. The van der Waals surface area contributed by atoms with Crippen LogP contribution in [0.3, 0.4) is 0 Å². The van der Waals surface area contributed by atoms with E-state index in [1.165, 1.54) is 0 Å². The van der Waals surface area contributed by atoms with Gasteiger partial charge in [0.05, 0.1) is 11.2 Å². The Labute approximate surface area is 120 Å². The zero-order valence-corrected chi connectivity index (χ0v) is 12.1. The highest BCUT2D eigenvalue weighted by molar-refractivity contribution is 9.10. The number of nitrogens with zero attached hydrogens (tertiary/aromatic N) is 2. The molecule has 1 atom stereocenters. The van der Waals surface area contributed by atoms with Crippen LogP contribution in [-0.2, 0) is 0 Å². The molecule has 3 N–H and O–H groups in total. The molecule has 0 saturated carbocycles. The van der Waals surface area contributed by atoms with Crippen LogP contribution in [0.25, 0.3) is 10.9 Å². The van der Waals surface area contributed by atoms with E-state index in [1.807, 2.05) is 18.2 Å². The van der Waals surface area contributed by atoms with Crippen molar-refractivity contribution in [2.75, 3.05) is 30.3 Å². The highest BCUT2D eigenvalue weighted by Gasteiger charge is 2.23. The topological polar surface area (TPSA) is 62.4 Å². The molecule has 100 valence electrons. The zero-order chi connectivity index (χ0) is 13.4. The van der Waals surface area contributed by atoms with Crippen molar-refractivity contribution in [2.45, 2.75) is 6.42 Å². The number of hydrogen-bond donors (Lipinski definition) is 2. The summed E-state index contributed by atoms with van der Waals surface area (Å²) >= 11 is 3.43. The van der Waals surface area contributed by atoms with E-state index in [0.717, 1.165) is 46.3 Å². The van der Waals surface area contributed by atoms with Gasteiger partial charge in [0.1, 0.15) is 0 Å². The number of benzene rings is 1. The van der Waals surface area contributed by atoms with Crippen LogP contribution in [-0.4, -0.2) is 29.8 Å². The first-order valence-electron chi connectivity index (χ1n) is 6.38. The second kappa shape index (κ2) is 4.98. The lowest BCUT2D eigenvalue weighted by molar-refractivity contribution is 0.238. The Kier molecular flexibility index (Phi) is 3.33. The van der Waals surface area contributed by atoms with Gasteiger partial charge in [-0.3, -0.25) is 4.98 Å². The van der Waals surface area contributed by atoms with Crippen molar-refractivity contribution in [3.05, 3.63) is 28.9 Å². The molecule has 0 amide bonds. The van der Waals surface area contributed by atoms with E-state index in [9.17, 15) is 5.11 Å². The third-order valence-electron chi connectivity index (χ3n) is 3.71. The number of aromatic nitrogens is 1. The van der Waals surface area contributed by atoms with Crippen molar-refractivity contribution in [3.8, 4) is 0 Å². The Balaban J connectivity index is 2.07. The Morgan fingerprint density at radius 2 is 2.32 bits per heavy atom. The summed E-state index contributed by atoms with van der Waals surface area (Å²) in [6.07, 6.45) is 2.82. The minimum absolute atomic E-state index is 0.252. The summed E-state index contributed by atoms with van der Waals surface area (Å²) in [7, 11) is 0. The molecule has 0 aliphatic carbocycles. The summed E-state index contributed by atoms with van der Waals surface area (Å²) in [6, 6.07) is 5.96. The second-order valence-corrected chi connectivity index (χ2v) is 5.92. The van der Waals surface area contributed by atoms with E-state index >= 15 is 0 Å². The van der Waals surface area contributed by atoms with Gasteiger partial charge in [0.15, 0.2) is 0 Å². The van der Waals surface area contributed by atoms with Gasteiger partial charge in [-0.1, -0.05) is 0 Å². The smallest absolute Gasteiger partial charge is 0.0956 e. The Bertz CT molecular complexity index is 617. The van der Waals surface area contributed by atoms with E-state index in [-0.39, 0.29) is 6.61 Å². The fraction of sp³-hybridized carbons (Fsp3) is 0.357. The van der Waals surface area contributed by atoms with Gasteiger partial charge in [-0.25, -0.2) is 0 Å². The average Bonchev–Trinajstić information content (AvgIpc) is 2.88. The number of anilines is 2. The molecule has 1 aromatic carbocycles. The summed E-state index contributed by atoms with van der Waals surface area (Å²) in [5.74, 6) is 0.364. The largest absolute Gasteiger partial charge is 0.398 e. The van der Waals surface area contributed by atoms with Gasteiger partial charge in [0.2, 0.25) is 0 Å². The molecule has 0 bridgehead atoms. The molecule has 1 aliphatic rings. The van der Waals surface area contributed by atoms with Crippen LogP contribution in [0.2, 0.25) is 0 Å². The molecule has 3 rings (SSSR count). The highest BCUT2D eigenvalue weighted by atomic mass is 79.9. The summed E-state index contributed by atoms with van der Waals surface area (Å²) in [5.41, 5.74) is 8.80. The van der Waals surface area contributed by atoms with E-state index in [0.29, 0.717) is 5.92 Å². The predicted octanol–water partition coefficient (Wildman–Crippen LogP) is 2.40. The molecule has 1 aliphatic heterocycles. The number of aliphatic hydroxyl groups is 1. The van der Waals surface area contributed by atoms with Crippen molar-refractivity contribution in [1.29, 1.82) is 0 Å². The molecule has 0 radical (unpaired) electrons. The van der Waals surface area contributed by atoms with Gasteiger partial charge >= 0.3 is 0 Å². The maximum Gasteiger partial charge on any atom is 0.0956 e. The SMILES string of the molecule is Nc1ccc(N2CCC(CO)C2)c2ncc(Br)cc12. The molecule has 0 spiro atoms. The standard InChI is InChI=1S/C14H16BrN3O/c15-10-5-11-12(16)1-2-13(14(11)17-6-10)18-4-3-9(7-18)8-19/h1-2,5-6,9,19H,3-4,7-8,16H2. The molecule has 5 heteroatoms. The number of nitrogens with two attached hydrogens (primary N) is 1. The molecular formula is C14H16BrN3O. The van der Waals surface area contributed by atoms with Gasteiger partial charge in [0.25, 0.3) is 0 Å². The van der Waals surface area contributed by atoms with Gasteiger partial charge in [-0.05, 0) is 40.5 Å². The van der Waals surface area contributed by atoms with Crippen LogP contribution >= 0.6 is 15.9 Å². The number of hydrogen-bond acceptors (Lipinski definition) is 4. The lowest BCUT2D eigenvalue weighted by Crippen LogP contribution is -2.21. The summed E-state index contributed by atoms with van der Waals surface area (Å²) in [4.78, 5) is 6.79. The molecule has 1 saturated heterocycles. The van der Waals surface area contributed by atoms with Gasteiger partial charge < -0.3 is 15.7 Å². The first-order chi connectivity index (χ1) is 9.19. The number of fused-ring (bicyclic) bond motifs is 1. The van der Waals surface area contributed by atoms with E-state index < -0.39 is 0 Å². The number of rotatable bonds is 2. The summed E-state index contributed by atoms with van der Waals surface area (Å²) < 4.78 is 0.929. The molecule has 4 nitrogen and oxygen atoms in total. The minimum atomic E-state index is 0.252. The first-order valence-corrected chi connectivity index (χ1v) is 7.18. The van der Waals surface area contributed by atoms with Crippen LogP contribution in [0.5, 0.6) is 0 Å². The third-order valence-corrected chi connectivity index (χ3v) is 4.15. The van der Waals surface area contributed by atoms with Crippen molar-refractivity contribution >= 4 is 38.2 Å². The fourth-order valence-corrected chi connectivity index (χ4v) is 2.99. The maximum absolute atomic E-state index is 9.26. The van der Waals surface area contributed by atoms with Crippen molar-refractivity contribution in [2.24, 2.45) is 5.92 Å². The van der Waals surface area contributed by atoms with Crippen LogP contribution < -0.4 is 10.6 Å². The number of pyridine rings is 1. The second-order valence-electron chi connectivity index (χ2n) is 5.01. The monoisotopic (exact) mass is 321 g/mol. The fourth-order valence-electron chi connectivity index (χ4n) is 2.66. The van der Waals surface area contributed by atoms with Crippen LogP contribution in [0, 0.1) is 5.92 Å². The highest BCUT2D eigenvalue weighted by Crippen LogP contribution is 2.33. The van der Waals surface area contributed by atoms with Crippen LogP contribution in [0.4, 0.5) is 11.4 Å². The van der Waals surface area contributed by atoms with Crippen LogP contribution in [0.15, 0.2) is 28.9 Å². The maximum atomic E-state index is 9.26. The normalized spacial score (nSPS) is 19.3. The first kappa shape index (κ1) is 12.7. The summed E-state index contributed by atoms with van der Waals surface area (Å²) in [5, 5.41) is 10.2. The lowest BCUT2D eigenvalue weighted by atomic mass is 10.1.